The Morgan fingerprint density at radius 1 is 1.11 bits per heavy atom. The molecule has 1 aliphatic carbocycles. The van der Waals surface area contributed by atoms with E-state index in [1.807, 2.05) is 6.92 Å². The first-order chi connectivity index (χ1) is 12.1. The minimum absolute atomic E-state index is 0. The van der Waals surface area contributed by atoms with Gasteiger partial charge < -0.3 is 16.0 Å². The van der Waals surface area contributed by atoms with Gasteiger partial charge in [-0.2, -0.15) is 17.5 Å². The first-order valence-corrected chi connectivity index (χ1v) is 9.98. The molecule has 2 aliphatic rings. The van der Waals surface area contributed by atoms with E-state index in [2.05, 4.69) is 20.9 Å². The van der Waals surface area contributed by atoms with Crippen molar-refractivity contribution < 1.29 is 26.4 Å². The van der Waals surface area contributed by atoms with Crippen molar-refractivity contribution in [3.63, 3.8) is 0 Å². The second-order valence-corrected chi connectivity index (χ2v) is 8.23. The van der Waals surface area contributed by atoms with E-state index in [1.54, 1.807) is 0 Å². The quantitative estimate of drug-likeness (QED) is 0.269. The van der Waals surface area contributed by atoms with Crippen LogP contribution in [0.4, 0.5) is 13.2 Å². The third kappa shape index (κ3) is 7.25. The average molecular weight is 527 g/mol. The summed E-state index contributed by atoms with van der Waals surface area (Å²) in [6.45, 7) is 1.91. The number of guanidine groups is 1. The first-order valence-electron chi connectivity index (χ1n) is 8.54. The number of piperidine rings is 1. The molecule has 0 radical (unpaired) electrons. The molecular formula is C14H25F3IN5O3S. The predicted octanol–water partition coefficient (Wildman–Crippen LogP) is 0.752. The zero-order valence-electron chi connectivity index (χ0n) is 14.9. The number of nitrogens with one attached hydrogen (secondary N) is 3. The van der Waals surface area contributed by atoms with E-state index in [9.17, 15) is 26.4 Å². The van der Waals surface area contributed by atoms with Crippen LogP contribution in [0.15, 0.2) is 4.99 Å². The molecule has 0 aromatic heterocycles. The monoisotopic (exact) mass is 527 g/mol. The van der Waals surface area contributed by atoms with E-state index >= 15 is 0 Å². The van der Waals surface area contributed by atoms with Crippen LogP contribution < -0.4 is 16.0 Å². The molecule has 0 spiro atoms. The summed E-state index contributed by atoms with van der Waals surface area (Å²) in [6.07, 6.45) is 2.39. The van der Waals surface area contributed by atoms with Crippen molar-refractivity contribution in [2.75, 3.05) is 26.2 Å². The molecule has 13 heteroatoms. The number of hydrogen-bond donors (Lipinski definition) is 3. The number of halogens is 4. The molecule has 1 heterocycles. The zero-order valence-corrected chi connectivity index (χ0v) is 18.0. The molecule has 0 unspecified atom stereocenters. The highest BCUT2D eigenvalue weighted by atomic mass is 127. The van der Waals surface area contributed by atoms with Gasteiger partial charge in [0.05, 0.1) is 0 Å². The lowest BCUT2D eigenvalue weighted by Gasteiger charge is -2.32. The SMILES string of the molecule is CCNC(=NCC(=O)NC1CC1)NC1CCN(S(=O)(=O)C(F)(F)F)CC1.I. The van der Waals surface area contributed by atoms with Crippen molar-refractivity contribution >= 4 is 45.9 Å². The van der Waals surface area contributed by atoms with E-state index in [4.69, 9.17) is 0 Å². The topological polar surface area (TPSA) is 103 Å². The van der Waals surface area contributed by atoms with Crippen molar-refractivity contribution in [3.05, 3.63) is 0 Å². The van der Waals surface area contributed by atoms with Gasteiger partial charge in [-0.1, -0.05) is 0 Å². The minimum Gasteiger partial charge on any atom is -0.357 e. The summed E-state index contributed by atoms with van der Waals surface area (Å²) in [5.74, 6) is 0.200. The third-order valence-electron chi connectivity index (χ3n) is 4.09. The summed E-state index contributed by atoms with van der Waals surface area (Å²) in [6, 6.07) is 0.0205. The molecule has 1 aliphatic heterocycles. The second kappa shape index (κ2) is 10.1. The van der Waals surface area contributed by atoms with E-state index in [1.165, 1.54) is 0 Å². The third-order valence-corrected chi connectivity index (χ3v) is 5.72. The van der Waals surface area contributed by atoms with Gasteiger partial charge in [0.25, 0.3) is 0 Å². The van der Waals surface area contributed by atoms with E-state index in [-0.39, 0.29) is 74.4 Å². The Morgan fingerprint density at radius 2 is 1.67 bits per heavy atom. The van der Waals surface area contributed by atoms with Gasteiger partial charge in [-0.3, -0.25) is 4.79 Å². The number of hydrogen-bond acceptors (Lipinski definition) is 4. The van der Waals surface area contributed by atoms with Crippen LogP contribution in [0.25, 0.3) is 0 Å². The Hall–Kier alpha value is -0.830. The van der Waals surface area contributed by atoms with Gasteiger partial charge in [-0.15, -0.1) is 24.0 Å². The highest BCUT2D eigenvalue weighted by Crippen LogP contribution is 2.28. The standard InChI is InChI=1S/C14H24F3N5O3S.HI/c1-2-18-13(19-9-12(23)20-10-3-4-10)21-11-5-7-22(8-6-11)26(24,25)14(15,16)17;/h10-11H,2-9H2,1H3,(H,20,23)(H2,18,19,21);1H. The number of rotatable bonds is 6. The molecule has 0 bridgehead atoms. The average Bonchev–Trinajstić information content (AvgIpc) is 3.36. The number of nitrogens with zero attached hydrogens (tertiary/aromatic N) is 2. The summed E-state index contributed by atoms with van der Waals surface area (Å²) in [5, 5.41) is 8.83. The molecule has 8 nitrogen and oxygen atoms in total. The molecule has 158 valence electrons. The van der Waals surface area contributed by atoms with Crippen LogP contribution >= 0.6 is 24.0 Å². The fourth-order valence-electron chi connectivity index (χ4n) is 2.55. The van der Waals surface area contributed by atoms with Crippen molar-refractivity contribution in [3.8, 4) is 0 Å². The van der Waals surface area contributed by atoms with Crippen LogP contribution in [0.1, 0.15) is 32.6 Å². The fourth-order valence-corrected chi connectivity index (χ4v) is 3.54. The molecule has 1 amide bonds. The van der Waals surface area contributed by atoms with Crippen molar-refractivity contribution in [2.24, 2.45) is 4.99 Å². The molecule has 2 rings (SSSR count). The first kappa shape index (κ1) is 24.2. The number of aliphatic imine (C=N–C) groups is 1. The molecule has 0 atom stereocenters. The summed E-state index contributed by atoms with van der Waals surface area (Å²) < 4.78 is 61.0. The number of alkyl halides is 3. The number of amides is 1. The van der Waals surface area contributed by atoms with Crippen LogP contribution in [0.2, 0.25) is 0 Å². The highest BCUT2D eigenvalue weighted by molar-refractivity contribution is 14.0. The number of carbonyl (C=O) groups excluding carboxylic acids is 1. The van der Waals surface area contributed by atoms with Gasteiger partial charge in [0.1, 0.15) is 6.54 Å². The zero-order chi connectivity index (χ0) is 19.4. The molecule has 27 heavy (non-hydrogen) atoms. The lowest BCUT2D eigenvalue weighted by atomic mass is 10.1. The molecular weight excluding hydrogens is 502 g/mol. The largest absolute Gasteiger partial charge is 0.511 e. The molecule has 0 aromatic carbocycles. The van der Waals surface area contributed by atoms with Crippen LogP contribution in [0.5, 0.6) is 0 Å². The van der Waals surface area contributed by atoms with Gasteiger partial charge in [-0.05, 0) is 32.6 Å². The summed E-state index contributed by atoms with van der Waals surface area (Å²) in [7, 11) is -5.28. The van der Waals surface area contributed by atoms with Crippen molar-refractivity contribution in [1.29, 1.82) is 0 Å². The summed E-state index contributed by atoms with van der Waals surface area (Å²) >= 11 is 0. The smallest absolute Gasteiger partial charge is 0.357 e. The summed E-state index contributed by atoms with van der Waals surface area (Å²) in [4.78, 5) is 15.9. The predicted molar refractivity (Wildman–Crippen MR) is 105 cm³/mol. The molecule has 1 saturated heterocycles. The van der Waals surface area contributed by atoms with Gasteiger partial charge in [0.2, 0.25) is 5.91 Å². The van der Waals surface area contributed by atoms with Crippen LogP contribution in [-0.4, -0.2) is 68.4 Å². The molecule has 0 aromatic rings. The van der Waals surface area contributed by atoms with Gasteiger partial charge >= 0.3 is 15.5 Å². The highest BCUT2D eigenvalue weighted by Gasteiger charge is 2.50. The van der Waals surface area contributed by atoms with E-state index in [0.717, 1.165) is 12.8 Å². The van der Waals surface area contributed by atoms with Crippen molar-refractivity contribution in [1.82, 2.24) is 20.3 Å². The fraction of sp³-hybridized carbons (Fsp3) is 0.857. The normalized spacial score (nSPS) is 19.9. The Bertz CT molecular complexity index is 632. The van der Waals surface area contributed by atoms with E-state index < -0.39 is 15.5 Å². The van der Waals surface area contributed by atoms with Gasteiger partial charge in [0.15, 0.2) is 5.96 Å². The number of sulfonamides is 1. The van der Waals surface area contributed by atoms with Gasteiger partial charge in [-0.25, -0.2) is 13.4 Å². The number of carbonyl (C=O) groups is 1. The lowest BCUT2D eigenvalue weighted by molar-refractivity contribution is -0.119. The molecule has 2 fully saturated rings. The second-order valence-electron chi connectivity index (χ2n) is 6.31. The molecule has 3 N–H and O–H groups in total. The Morgan fingerprint density at radius 3 is 2.15 bits per heavy atom. The van der Waals surface area contributed by atoms with Crippen LogP contribution in [0.3, 0.4) is 0 Å². The maximum Gasteiger partial charge on any atom is 0.511 e. The lowest BCUT2D eigenvalue weighted by Crippen LogP contribution is -2.51. The Kier molecular flexibility index (Phi) is 9.05. The maximum absolute atomic E-state index is 12.6. The van der Waals surface area contributed by atoms with Crippen molar-refractivity contribution in [2.45, 2.75) is 50.2 Å². The van der Waals surface area contributed by atoms with E-state index in [0.29, 0.717) is 16.8 Å². The van der Waals surface area contributed by atoms with Crippen LogP contribution in [0, 0.1) is 0 Å². The minimum atomic E-state index is -5.28. The Balaban J connectivity index is 0.00000364. The Labute approximate surface area is 173 Å². The van der Waals surface area contributed by atoms with Gasteiger partial charge in [0, 0.05) is 31.7 Å². The summed E-state index contributed by atoms with van der Waals surface area (Å²) in [5.41, 5.74) is -5.28. The van der Waals surface area contributed by atoms with Crippen LogP contribution in [-0.2, 0) is 14.8 Å². The molecule has 1 saturated carbocycles. The maximum atomic E-state index is 12.6.